The first-order valence-corrected chi connectivity index (χ1v) is 10.5. The fourth-order valence-electron chi connectivity index (χ4n) is 3.61. The number of sulfonamides is 1. The second-order valence-corrected chi connectivity index (χ2v) is 8.89. The Balaban J connectivity index is 1.71. The van der Waals surface area contributed by atoms with E-state index in [2.05, 4.69) is 6.07 Å². The van der Waals surface area contributed by atoms with Crippen LogP contribution in [0.15, 0.2) is 18.2 Å². The van der Waals surface area contributed by atoms with Crippen molar-refractivity contribution in [2.75, 3.05) is 31.9 Å². The van der Waals surface area contributed by atoms with Gasteiger partial charge in [-0.15, -0.1) is 0 Å². The Morgan fingerprint density at radius 3 is 2.50 bits per heavy atom. The van der Waals surface area contributed by atoms with Crippen LogP contribution in [0.25, 0.3) is 0 Å². The lowest BCUT2D eigenvalue weighted by atomic mass is 9.90. The molecule has 1 aromatic carbocycles. The van der Waals surface area contributed by atoms with E-state index in [1.807, 2.05) is 12.1 Å². The van der Waals surface area contributed by atoms with Gasteiger partial charge in [0.1, 0.15) is 0 Å². The minimum Gasteiger partial charge on any atom is -0.337 e. The SMILES string of the molecule is CCS(=O)(=O)N1CCCN(C(=O)c2ccc3c(c2)CCCC3)CC1. The average molecular weight is 350 g/mol. The smallest absolute Gasteiger partial charge is 0.253 e. The maximum Gasteiger partial charge on any atom is 0.253 e. The zero-order chi connectivity index (χ0) is 17.2. The fraction of sp³-hybridized carbons (Fsp3) is 0.611. The summed E-state index contributed by atoms with van der Waals surface area (Å²) in [4.78, 5) is 14.6. The minimum absolute atomic E-state index is 0.0270. The second kappa shape index (κ2) is 7.23. The number of aryl methyl sites for hydroxylation is 2. The highest BCUT2D eigenvalue weighted by Gasteiger charge is 2.26. The highest BCUT2D eigenvalue weighted by Crippen LogP contribution is 2.23. The van der Waals surface area contributed by atoms with Gasteiger partial charge in [0, 0.05) is 31.7 Å². The molecule has 1 heterocycles. The van der Waals surface area contributed by atoms with Gasteiger partial charge in [-0.3, -0.25) is 4.79 Å². The van der Waals surface area contributed by atoms with Crippen molar-refractivity contribution in [3.8, 4) is 0 Å². The number of amides is 1. The van der Waals surface area contributed by atoms with Crippen molar-refractivity contribution in [2.24, 2.45) is 0 Å². The molecule has 0 atom stereocenters. The first kappa shape index (κ1) is 17.4. The summed E-state index contributed by atoms with van der Waals surface area (Å²) < 4.78 is 25.6. The third-order valence-corrected chi connectivity index (χ3v) is 6.98. The Morgan fingerprint density at radius 2 is 1.75 bits per heavy atom. The van der Waals surface area contributed by atoms with E-state index in [-0.39, 0.29) is 11.7 Å². The van der Waals surface area contributed by atoms with E-state index in [9.17, 15) is 13.2 Å². The van der Waals surface area contributed by atoms with E-state index in [0.717, 1.165) is 18.4 Å². The van der Waals surface area contributed by atoms with Crippen LogP contribution in [0.5, 0.6) is 0 Å². The van der Waals surface area contributed by atoms with Crippen molar-refractivity contribution in [3.05, 3.63) is 34.9 Å². The maximum absolute atomic E-state index is 12.8. The molecule has 1 fully saturated rings. The number of carbonyl (C=O) groups excluding carboxylic acids is 1. The van der Waals surface area contributed by atoms with Crippen LogP contribution < -0.4 is 0 Å². The molecule has 0 aromatic heterocycles. The van der Waals surface area contributed by atoms with Crippen LogP contribution in [-0.4, -0.2) is 55.5 Å². The molecule has 1 saturated heterocycles. The average Bonchev–Trinajstić information content (AvgIpc) is 2.87. The van der Waals surface area contributed by atoms with Gasteiger partial charge in [0.15, 0.2) is 0 Å². The summed E-state index contributed by atoms with van der Waals surface area (Å²) in [5.74, 6) is 0.144. The van der Waals surface area contributed by atoms with Crippen LogP contribution in [0.1, 0.15) is 47.7 Å². The Kier molecular flexibility index (Phi) is 5.25. The van der Waals surface area contributed by atoms with Gasteiger partial charge in [-0.1, -0.05) is 6.07 Å². The van der Waals surface area contributed by atoms with Crippen LogP contribution in [0.4, 0.5) is 0 Å². The predicted octanol–water partition coefficient (Wildman–Crippen LogP) is 2.06. The van der Waals surface area contributed by atoms with Crippen molar-refractivity contribution in [2.45, 2.75) is 39.0 Å². The van der Waals surface area contributed by atoms with Gasteiger partial charge in [0.2, 0.25) is 10.0 Å². The van der Waals surface area contributed by atoms with E-state index in [1.165, 1.54) is 28.3 Å². The summed E-state index contributed by atoms with van der Waals surface area (Å²) in [6, 6.07) is 6.06. The lowest BCUT2D eigenvalue weighted by molar-refractivity contribution is 0.0764. The van der Waals surface area contributed by atoms with Crippen LogP contribution in [0, 0.1) is 0 Å². The number of hydrogen-bond donors (Lipinski definition) is 0. The lowest BCUT2D eigenvalue weighted by Gasteiger charge is -2.23. The molecule has 0 spiro atoms. The van der Waals surface area contributed by atoms with Gasteiger partial charge in [-0.2, -0.15) is 0 Å². The first-order valence-electron chi connectivity index (χ1n) is 8.90. The van der Waals surface area contributed by atoms with E-state index in [1.54, 1.807) is 11.8 Å². The minimum atomic E-state index is -3.18. The van der Waals surface area contributed by atoms with Crippen LogP contribution in [-0.2, 0) is 22.9 Å². The zero-order valence-corrected chi connectivity index (χ0v) is 15.1. The first-order chi connectivity index (χ1) is 11.5. The highest BCUT2D eigenvalue weighted by atomic mass is 32.2. The zero-order valence-electron chi connectivity index (χ0n) is 14.3. The topological polar surface area (TPSA) is 57.7 Å². The summed E-state index contributed by atoms with van der Waals surface area (Å²) in [7, 11) is -3.18. The molecule has 132 valence electrons. The molecule has 6 heteroatoms. The third-order valence-electron chi connectivity index (χ3n) is 5.10. The molecule has 1 aliphatic carbocycles. The monoisotopic (exact) mass is 350 g/mol. The molecular formula is C18H26N2O3S. The Morgan fingerprint density at radius 1 is 1.00 bits per heavy atom. The van der Waals surface area contributed by atoms with Gasteiger partial charge >= 0.3 is 0 Å². The molecule has 2 aliphatic rings. The van der Waals surface area contributed by atoms with Gasteiger partial charge in [0.25, 0.3) is 5.91 Å². The standard InChI is InChI=1S/C18H26N2O3S/c1-2-24(22,23)20-11-5-10-19(12-13-20)18(21)17-9-8-15-6-3-4-7-16(15)14-17/h8-9,14H,2-7,10-13H2,1H3. The molecule has 0 bridgehead atoms. The summed E-state index contributed by atoms with van der Waals surface area (Å²) in [5, 5.41) is 0. The Bertz CT molecular complexity index is 715. The van der Waals surface area contributed by atoms with E-state index >= 15 is 0 Å². The van der Waals surface area contributed by atoms with Crippen molar-refractivity contribution in [3.63, 3.8) is 0 Å². The van der Waals surface area contributed by atoms with Crippen LogP contribution in [0.3, 0.4) is 0 Å². The molecule has 1 aromatic rings. The van der Waals surface area contributed by atoms with E-state index in [0.29, 0.717) is 32.6 Å². The van der Waals surface area contributed by atoms with Gasteiger partial charge in [0.05, 0.1) is 5.75 Å². The largest absolute Gasteiger partial charge is 0.337 e. The lowest BCUT2D eigenvalue weighted by Crippen LogP contribution is -2.38. The molecule has 24 heavy (non-hydrogen) atoms. The maximum atomic E-state index is 12.8. The van der Waals surface area contributed by atoms with Crippen LogP contribution in [0.2, 0.25) is 0 Å². The number of nitrogens with zero attached hydrogens (tertiary/aromatic N) is 2. The summed E-state index contributed by atoms with van der Waals surface area (Å²) in [6.07, 6.45) is 5.28. The molecule has 3 rings (SSSR count). The van der Waals surface area contributed by atoms with E-state index < -0.39 is 10.0 Å². The Hall–Kier alpha value is -1.40. The third kappa shape index (κ3) is 3.64. The number of fused-ring (bicyclic) bond motifs is 1. The van der Waals surface area contributed by atoms with Gasteiger partial charge in [-0.05, 0) is 62.3 Å². The van der Waals surface area contributed by atoms with Crippen molar-refractivity contribution < 1.29 is 13.2 Å². The van der Waals surface area contributed by atoms with E-state index in [4.69, 9.17) is 0 Å². The molecule has 0 saturated carbocycles. The number of hydrogen-bond acceptors (Lipinski definition) is 3. The molecule has 1 amide bonds. The molecule has 0 radical (unpaired) electrons. The summed E-state index contributed by atoms with van der Waals surface area (Å²) in [5.41, 5.74) is 3.41. The summed E-state index contributed by atoms with van der Waals surface area (Å²) >= 11 is 0. The molecule has 0 unspecified atom stereocenters. The van der Waals surface area contributed by atoms with Crippen molar-refractivity contribution >= 4 is 15.9 Å². The van der Waals surface area contributed by atoms with Gasteiger partial charge in [-0.25, -0.2) is 12.7 Å². The summed E-state index contributed by atoms with van der Waals surface area (Å²) in [6.45, 7) is 3.65. The second-order valence-electron chi connectivity index (χ2n) is 6.64. The molecular weight excluding hydrogens is 324 g/mol. The Labute approximate surface area is 144 Å². The van der Waals surface area contributed by atoms with Crippen molar-refractivity contribution in [1.29, 1.82) is 0 Å². The van der Waals surface area contributed by atoms with Gasteiger partial charge < -0.3 is 4.90 Å². The van der Waals surface area contributed by atoms with Crippen LogP contribution >= 0.6 is 0 Å². The molecule has 5 nitrogen and oxygen atoms in total. The number of rotatable bonds is 3. The quantitative estimate of drug-likeness (QED) is 0.838. The highest BCUT2D eigenvalue weighted by molar-refractivity contribution is 7.89. The fourth-order valence-corrected chi connectivity index (χ4v) is 4.74. The van der Waals surface area contributed by atoms with Crippen molar-refractivity contribution in [1.82, 2.24) is 9.21 Å². The molecule has 0 N–H and O–H groups in total. The number of benzene rings is 1. The predicted molar refractivity (Wildman–Crippen MR) is 94.6 cm³/mol. The number of carbonyl (C=O) groups is 1. The molecule has 1 aliphatic heterocycles. The normalized spacial score (nSPS) is 19.6.